The summed E-state index contributed by atoms with van der Waals surface area (Å²) in [5, 5.41) is 3.63. The highest BCUT2D eigenvalue weighted by Gasteiger charge is 2.26. The molecule has 0 bridgehead atoms. The summed E-state index contributed by atoms with van der Waals surface area (Å²) in [4.78, 5) is 0. The Morgan fingerprint density at radius 3 is 2.86 bits per heavy atom. The Morgan fingerprint density at radius 2 is 2.14 bits per heavy atom. The molecule has 1 heterocycles. The highest BCUT2D eigenvalue weighted by Crippen LogP contribution is 2.40. The molecule has 0 amide bonds. The van der Waals surface area contributed by atoms with Gasteiger partial charge in [0.05, 0.1) is 19.8 Å². The molecule has 0 aliphatic carbocycles. The number of methoxy groups -OCH3 is 1. The number of rotatable bonds is 4. The zero-order valence-electron chi connectivity index (χ0n) is 12.9. The van der Waals surface area contributed by atoms with Crippen molar-refractivity contribution in [1.82, 2.24) is 5.32 Å². The molecule has 2 aromatic carbocycles. The molecule has 0 radical (unpaired) electrons. The molecular weight excluding hydrogens is 389 g/mol. The van der Waals surface area contributed by atoms with Crippen LogP contribution in [0.5, 0.6) is 11.5 Å². The summed E-state index contributed by atoms with van der Waals surface area (Å²) in [5.41, 5.74) is 3.85. The largest absolute Gasteiger partial charge is 0.493 e. The van der Waals surface area contributed by atoms with E-state index in [1.807, 2.05) is 13.0 Å². The third-order valence-corrected chi connectivity index (χ3v) is 4.66. The molecule has 1 atom stereocenters. The summed E-state index contributed by atoms with van der Waals surface area (Å²) in [6.45, 7) is 3.60. The van der Waals surface area contributed by atoms with Gasteiger partial charge in [-0.2, -0.15) is 0 Å². The lowest BCUT2D eigenvalue weighted by Crippen LogP contribution is -2.31. The molecule has 1 unspecified atom stereocenters. The Bertz CT molecular complexity index is 672. The molecule has 1 aliphatic heterocycles. The average Bonchev–Trinajstić information content (AvgIpc) is 2.55. The van der Waals surface area contributed by atoms with E-state index >= 15 is 0 Å². The van der Waals surface area contributed by atoms with Crippen LogP contribution >= 0.6 is 22.6 Å². The maximum Gasteiger partial charge on any atom is 0.164 e. The Kier molecular flexibility index (Phi) is 4.88. The van der Waals surface area contributed by atoms with Crippen LogP contribution in [0.1, 0.15) is 29.7 Å². The van der Waals surface area contributed by atoms with Crippen LogP contribution in [-0.4, -0.2) is 20.3 Å². The van der Waals surface area contributed by atoms with E-state index in [0.29, 0.717) is 6.61 Å². The van der Waals surface area contributed by atoms with E-state index in [0.717, 1.165) is 24.5 Å². The monoisotopic (exact) mass is 409 g/mol. The third-order valence-electron chi connectivity index (χ3n) is 3.99. The second-order valence-corrected chi connectivity index (χ2v) is 6.54. The Morgan fingerprint density at radius 1 is 1.27 bits per heavy atom. The van der Waals surface area contributed by atoms with Gasteiger partial charge in [0.15, 0.2) is 11.5 Å². The number of hydrogen-bond donors (Lipinski definition) is 1. The molecular formula is C18H20INO2. The van der Waals surface area contributed by atoms with Crippen molar-refractivity contribution in [1.29, 1.82) is 0 Å². The Labute approximate surface area is 145 Å². The number of hydrogen-bond acceptors (Lipinski definition) is 3. The van der Waals surface area contributed by atoms with Crippen molar-refractivity contribution in [2.45, 2.75) is 19.4 Å². The first-order valence-electron chi connectivity index (χ1n) is 7.56. The lowest BCUT2D eigenvalue weighted by atomic mass is 9.89. The normalized spacial score (nSPS) is 17.0. The molecule has 0 saturated carbocycles. The lowest BCUT2D eigenvalue weighted by molar-refractivity contribution is 0.305. The fraction of sp³-hybridized carbons (Fsp3) is 0.333. The second-order valence-electron chi connectivity index (χ2n) is 5.29. The van der Waals surface area contributed by atoms with E-state index < -0.39 is 0 Å². The number of fused-ring (bicyclic) bond motifs is 1. The molecule has 3 nitrogen and oxygen atoms in total. The van der Waals surface area contributed by atoms with Crippen LogP contribution in [0.25, 0.3) is 0 Å². The first kappa shape index (κ1) is 15.6. The van der Waals surface area contributed by atoms with Gasteiger partial charge in [-0.1, -0.05) is 18.2 Å². The van der Waals surface area contributed by atoms with Crippen molar-refractivity contribution in [2.24, 2.45) is 0 Å². The summed E-state index contributed by atoms with van der Waals surface area (Å²) in [7, 11) is 1.70. The molecule has 22 heavy (non-hydrogen) atoms. The van der Waals surface area contributed by atoms with Crippen molar-refractivity contribution in [2.75, 3.05) is 20.3 Å². The third kappa shape index (κ3) is 2.94. The van der Waals surface area contributed by atoms with Crippen LogP contribution in [0.4, 0.5) is 0 Å². The van der Waals surface area contributed by atoms with Crippen molar-refractivity contribution < 1.29 is 9.47 Å². The van der Waals surface area contributed by atoms with Crippen LogP contribution in [0, 0.1) is 3.57 Å². The lowest BCUT2D eigenvalue weighted by Gasteiger charge is -2.29. The quantitative estimate of drug-likeness (QED) is 0.777. The van der Waals surface area contributed by atoms with Crippen molar-refractivity contribution in [3.63, 3.8) is 0 Å². The summed E-state index contributed by atoms with van der Waals surface area (Å²) in [6.07, 6.45) is 0.961. The van der Waals surface area contributed by atoms with Crippen molar-refractivity contribution >= 4 is 22.6 Å². The molecule has 3 rings (SSSR count). The van der Waals surface area contributed by atoms with Gasteiger partial charge in [0.1, 0.15) is 0 Å². The predicted molar refractivity (Wildman–Crippen MR) is 96.9 cm³/mol. The Hall–Kier alpha value is -1.27. The second kappa shape index (κ2) is 6.87. The fourth-order valence-electron chi connectivity index (χ4n) is 3.05. The number of halogens is 1. The van der Waals surface area contributed by atoms with Crippen molar-refractivity contribution in [3.8, 4) is 11.5 Å². The standard InChI is InChI=1S/C18H20INO2/c1-3-22-18-15-9-10-20-17(12-5-4-6-13(19)11-12)14(15)7-8-16(18)21-2/h4-8,11,17,20H,3,9-10H2,1-2H3. The summed E-state index contributed by atoms with van der Waals surface area (Å²) < 4.78 is 12.6. The van der Waals surface area contributed by atoms with E-state index in [2.05, 4.69) is 58.2 Å². The number of ether oxygens (including phenoxy) is 2. The first-order chi connectivity index (χ1) is 10.7. The van der Waals surface area contributed by atoms with E-state index in [-0.39, 0.29) is 6.04 Å². The highest BCUT2D eigenvalue weighted by atomic mass is 127. The Balaban J connectivity index is 2.09. The van der Waals surface area contributed by atoms with Crippen LogP contribution in [0.15, 0.2) is 36.4 Å². The van der Waals surface area contributed by atoms with Gasteiger partial charge in [-0.15, -0.1) is 0 Å². The van der Waals surface area contributed by atoms with Gasteiger partial charge in [-0.3, -0.25) is 0 Å². The fourth-order valence-corrected chi connectivity index (χ4v) is 3.62. The van der Waals surface area contributed by atoms with Crippen LogP contribution < -0.4 is 14.8 Å². The smallest absolute Gasteiger partial charge is 0.164 e. The molecule has 0 saturated heterocycles. The summed E-state index contributed by atoms with van der Waals surface area (Å²) in [6, 6.07) is 13.0. The van der Waals surface area contributed by atoms with Crippen molar-refractivity contribution in [3.05, 3.63) is 56.7 Å². The molecule has 0 spiro atoms. The molecule has 4 heteroatoms. The van der Waals surface area contributed by atoms with Gasteiger partial charge in [0, 0.05) is 15.7 Å². The van der Waals surface area contributed by atoms with Gasteiger partial charge in [-0.05, 0) is 65.3 Å². The number of benzene rings is 2. The van der Waals surface area contributed by atoms with Crippen LogP contribution in [-0.2, 0) is 6.42 Å². The van der Waals surface area contributed by atoms with Crippen LogP contribution in [0.3, 0.4) is 0 Å². The first-order valence-corrected chi connectivity index (χ1v) is 8.64. The molecule has 1 N–H and O–H groups in total. The van der Waals surface area contributed by atoms with Gasteiger partial charge in [0.25, 0.3) is 0 Å². The molecule has 116 valence electrons. The zero-order valence-corrected chi connectivity index (χ0v) is 15.0. The van der Waals surface area contributed by atoms with Gasteiger partial charge in [-0.25, -0.2) is 0 Å². The molecule has 0 aromatic heterocycles. The van der Waals surface area contributed by atoms with E-state index in [1.54, 1.807) is 7.11 Å². The minimum atomic E-state index is 0.212. The SMILES string of the molecule is CCOc1c(OC)ccc2c1CCNC2c1cccc(I)c1. The van der Waals surface area contributed by atoms with Crippen LogP contribution in [0.2, 0.25) is 0 Å². The van der Waals surface area contributed by atoms with E-state index in [1.165, 1.54) is 20.3 Å². The zero-order chi connectivity index (χ0) is 15.5. The minimum absolute atomic E-state index is 0.212. The minimum Gasteiger partial charge on any atom is -0.493 e. The highest BCUT2D eigenvalue weighted by molar-refractivity contribution is 14.1. The molecule has 2 aromatic rings. The average molecular weight is 409 g/mol. The maximum absolute atomic E-state index is 5.88. The summed E-state index contributed by atoms with van der Waals surface area (Å²) in [5.74, 6) is 1.73. The van der Waals surface area contributed by atoms with Gasteiger partial charge in [0.2, 0.25) is 0 Å². The number of nitrogens with one attached hydrogen (secondary N) is 1. The van der Waals surface area contributed by atoms with Gasteiger partial charge < -0.3 is 14.8 Å². The topological polar surface area (TPSA) is 30.5 Å². The predicted octanol–water partition coefficient (Wildman–Crippen LogP) is 3.93. The van der Waals surface area contributed by atoms with E-state index in [4.69, 9.17) is 9.47 Å². The summed E-state index contributed by atoms with van der Waals surface area (Å²) >= 11 is 2.36. The molecule has 1 aliphatic rings. The van der Waals surface area contributed by atoms with E-state index in [9.17, 15) is 0 Å². The van der Waals surface area contributed by atoms with Gasteiger partial charge >= 0.3 is 0 Å². The maximum atomic E-state index is 5.88. The molecule has 0 fully saturated rings.